The molecule has 0 saturated heterocycles. The standard InChI is InChI=1S/C16H15ClF2N2O/c1-10-2-3-11(17)8-15(10)21-16(22)6-7-20-12-4-5-13(18)14(19)9-12/h2-5,8-9,20H,6-7H2,1H3,(H,21,22). The molecule has 0 aliphatic heterocycles. The van der Waals surface area contributed by atoms with Crippen LogP contribution in [0.15, 0.2) is 36.4 Å². The summed E-state index contributed by atoms with van der Waals surface area (Å²) in [5.41, 5.74) is 1.99. The highest BCUT2D eigenvalue weighted by atomic mass is 35.5. The summed E-state index contributed by atoms with van der Waals surface area (Å²) in [5.74, 6) is -2.02. The number of anilines is 2. The van der Waals surface area contributed by atoms with Crippen LogP contribution < -0.4 is 10.6 Å². The van der Waals surface area contributed by atoms with Gasteiger partial charge in [-0.25, -0.2) is 8.78 Å². The van der Waals surface area contributed by atoms with Gasteiger partial charge in [0.25, 0.3) is 0 Å². The van der Waals surface area contributed by atoms with Crippen LogP contribution in [0, 0.1) is 18.6 Å². The van der Waals surface area contributed by atoms with Gasteiger partial charge in [0.2, 0.25) is 5.91 Å². The molecule has 0 aliphatic carbocycles. The molecule has 6 heteroatoms. The normalized spacial score (nSPS) is 10.4. The van der Waals surface area contributed by atoms with E-state index in [0.717, 1.165) is 17.7 Å². The number of rotatable bonds is 5. The van der Waals surface area contributed by atoms with Gasteiger partial charge in [-0.3, -0.25) is 4.79 Å². The first-order valence-electron chi connectivity index (χ1n) is 6.70. The summed E-state index contributed by atoms with van der Waals surface area (Å²) in [5, 5.41) is 6.16. The third-order valence-electron chi connectivity index (χ3n) is 3.07. The Bertz CT molecular complexity index is 692. The Balaban J connectivity index is 1.85. The molecule has 0 radical (unpaired) electrons. The molecular weight excluding hydrogens is 310 g/mol. The van der Waals surface area contributed by atoms with Gasteiger partial charge < -0.3 is 10.6 Å². The molecule has 0 aromatic heterocycles. The van der Waals surface area contributed by atoms with Gasteiger partial charge in [-0.15, -0.1) is 0 Å². The molecule has 0 atom stereocenters. The fourth-order valence-electron chi connectivity index (χ4n) is 1.87. The Morgan fingerprint density at radius 2 is 1.91 bits per heavy atom. The maximum absolute atomic E-state index is 13.0. The molecule has 0 aliphatic rings. The number of amides is 1. The minimum absolute atomic E-state index is 0.185. The van der Waals surface area contributed by atoms with Crippen molar-refractivity contribution in [2.75, 3.05) is 17.2 Å². The fraction of sp³-hybridized carbons (Fsp3) is 0.188. The Morgan fingerprint density at radius 1 is 1.14 bits per heavy atom. The van der Waals surface area contributed by atoms with Crippen LogP contribution in [0.4, 0.5) is 20.2 Å². The first kappa shape index (κ1) is 16.2. The van der Waals surface area contributed by atoms with Crippen molar-refractivity contribution in [1.29, 1.82) is 0 Å². The summed E-state index contributed by atoms with van der Waals surface area (Å²) in [6.07, 6.45) is 0.185. The third-order valence-corrected chi connectivity index (χ3v) is 3.31. The summed E-state index contributed by atoms with van der Waals surface area (Å²) in [6.45, 7) is 2.17. The molecule has 0 saturated carbocycles. The number of halogens is 3. The van der Waals surface area contributed by atoms with Gasteiger partial charge in [-0.1, -0.05) is 17.7 Å². The van der Waals surface area contributed by atoms with Crippen LogP contribution in [0.2, 0.25) is 5.02 Å². The Labute approximate surface area is 132 Å². The fourth-order valence-corrected chi connectivity index (χ4v) is 2.04. The van der Waals surface area contributed by atoms with Gasteiger partial charge in [0.05, 0.1) is 0 Å². The lowest BCUT2D eigenvalue weighted by molar-refractivity contribution is -0.115. The number of hydrogen-bond acceptors (Lipinski definition) is 2. The lowest BCUT2D eigenvalue weighted by atomic mass is 10.2. The van der Waals surface area contributed by atoms with E-state index in [0.29, 0.717) is 22.9 Å². The Morgan fingerprint density at radius 3 is 2.64 bits per heavy atom. The molecule has 1 amide bonds. The van der Waals surface area contributed by atoms with E-state index in [4.69, 9.17) is 11.6 Å². The average Bonchev–Trinajstić information content (AvgIpc) is 2.47. The second-order valence-corrected chi connectivity index (χ2v) is 5.25. The van der Waals surface area contributed by atoms with Crippen LogP contribution in [0.3, 0.4) is 0 Å². The van der Waals surface area contributed by atoms with Crippen molar-refractivity contribution in [1.82, 2.24) is 0 Å². The highest BCUT2D eigenvalue weighted by Crippen LogP contribution is 2.20. The van der Waals surface area contributed by atoms with E-state index in [1.54, 1.807) is 12.1 Å². The van der Waals surface area contributed by atoms with Gasteiger partial charge in [0, 0.05) is 29.4 Å². The first-order chi connectivity index (χ1) is 10.5. The van der Waals surface area contributed by atoms with Crippen molar-refractivity contribution in [2.24, 2.45) is 0 Å². The van der Waals surface area contributed by atoms with E-state index >= 15 is 0 Å². The molecule has 0 unspecified atom stereocenters. The van der Waals surface area contributed by atoms with Crippen LogP contribution in [0.1, 0.15) is 12.0 Å². The van der Waals surface area contributed by atoms with Gasteiger partial charge in [-0.05, 0) is 42.8 Å². The minimum Gasteiger partial charge on any atom is -0.384 e. The number of carbonyl (C=O) groups is 1. The average molecular weight is 325 g/mol. The lowest BCUT2D eigenvalue weighted by Crippen LogP contribution is -2.16. The molecule has 2 aromatic rings. The molecule has 3 nitrogen and oxygen atoms in total. The Hall–Kier alpha value is -2.14. The van der Waals surface area contributed by atoms with Crippen LogP contribution >= 0.6 is 11.6 Å². The molecule has 0 bridgehead atoms. The van der Waals surface area contributed by atoms with Crippen molar-refractivity contribution in [3.63, 3.8) is 0 Å². The van der Waals surface area contributed by atoms with Crippen molar-refractivity contribution >= 4 is 28.9 Å². The van der Waals surface area contributed by atoms with Crippen LogP contribution in [0.5, 0.6) is 0 Å². The third kappa shape index (κ3) is 4.43. The van der Waals surface area contributed by atoms with Crippen molar-refractivity contribution in [3.8, 4) is 0 Å². The largest absolute Gasteiger partial charge is 0.384 e. The quantitative estimate of drug-likeness (QED) is 0.857. The molecule has 2 rings (SSSR count). The summed E-state index contributed by atoms with van der Waals surface area (Å²) in [6, 6.07) is 8.74. The zero-order valence-corrected chi connectivity index (χ0v) is 12.7. The second kappa shape index (κ2) is 7.22. The van der Waals surface area contributed by atoms with Crippen LogP contribution in [-0.2, 0) is 4.79 Å². The smallest absolute Gasteiger partial charge is 0.226 e. The van der Waals surface area contributed by atoms with E-state index < -0.39 is 11.6 Å². The van der Waals surface area contributed by atoms with Gasteiger partial charge in [0.1, 0.15) is 0 Å². The Kier molecular flexibility index (Phi) is 5.33. The number of hydrogen-bond donors (Lipinski definition) is 2. The maximum Gasteiger partial charge on any atom is 0.226 e. The van der Waals surface area contributed by atoms with Gasteiger partial charge in [-0.2, -0.15) is 0 Å². The highest BCUT2D eigenvalue weighted by molar-refractivity contribution is 6.31. The molecule has 2 aromatic carbocycles. The summed E-state index contributed by atoms with van der Waals surface area (Å²) >= 11 is 5.88. The first-order valence-corrected chi connectivity index (χ1v) is 7.08. The molecule has 2 N–H and O–H groups in total. The number of nitrogens with one attached hydrogen (secondary N) is 2. The molecular formula is C16H15ClF2N2O. The molecule has 22 heavy (non-hydrogen) atoms. The molecule has 0 fully saturated rings. The molecule has 0 heterocycles. The second-order valence-electron chi connectivity index (χ2n) is 4.81. The number of benzene rings is 2. The van der Waals surface area contributed by atoms with E-state index in [1.807, 2.05) is 13.0 Å². The predicted octanol–water partition coefficient (Wildman–Crippen LogP) is 4.37. The lowest BCUT2D eigenvalue weighted by Gasteiger charge is -2.10. The summed E-state index contributed by atoms with van der Waals surface area (Å²) in [4.78, 5) is 11.9. The van der Waals surface area contributed by atoms with Crippen LogP contribution in [0.25, 0.3) is 0 Å². The van der Waals surface area contributed by atoms with E-state index in [1.165, 1.54) is 6.07 Å². The SMILES string of the molecule is Cc1ccc(Cl)cc1NC(=O)CCNc1ccc(F)c(F)c1. The minimum atomic E-state index is -0.927. The van der Waals surface area contributed by atoms with E-state index in [-0.39, 0.29) is 12.3 Å². The van der Waals surface area contributed by atoms with Crippen molar-refractivity contribution in [2.45, 2.75) is 13.3 Å². The summed E-state index contributed by atoms with van der Waals surface area (Å²) < 4.78 is 25.8. The summed E-state index contributed by atoms with van der Waals surface area (Å²) in [7, 11) is 0. The number of aryl methyl sites for hydroxylation is 1. The number of carbonyl (C=O) groups excluding carboxylic acids is 1. The van der Waals surface area contributed by atoms with Crippen LogP contribution in [-0.4, -0.2) is 12.5 Å². The molecule has 0 spiro atoms. The van der Waals surface area contributed by atoms with Crippen molar-refractivity contribution < 1.29 is 13.6 Å². The maximum atomic E-state index is 13.0. The van der Waals surface area contributed by atoms with Crippen molar-refractivity contribution in [3.05, 3.63) is 58.6 Å². The topological polar surface area (TPSA) is 41.1 Å². The van der Waals surface area contributed by atoms with Gasteiger partial charge in [0.15, 0.2) is 11.6 Å². The monoisotopic (exact) mass is 324 g/mol. The predicted molar refractivity (Wildman–Crippen MR) is 84.3 cm³/mol. The van der Waals surface area contributed by atoms with E-state index in [2.05, 4.69) is 10.6 Å². The van der Waals surface area contributed by atoms with E-state index in [9.17, 15) is 13.6 Å². The zero-order chi connectivity index (χ0) is 16.1. The van der Waals surface area contributed by atoms with Gasteiger partial charge >= 0.3 is 0 Å². The molecule has 116 valence electrons. The zero-order valence-electron chi connectivity index (χ0n) is 11.9. The highest BCUT2D eigenvalue weighted by Gasteiger charge is 2.06.